The van der Waals surface area contributed by atoms with Gasteiger partial charge in [0.1, 0.15) is 0 Å². The van der Waals surface area contributed by atoms with Crippen LogP contribution in [-0.4, -0.2) is 32.7 Å². The highest BCUT2D eigenvalue weighted by molar-refractivity contribution is 14.1. The summed E-state index contributed by atoms with van der Waals surface area (Å²) < 4.78 is 6.46. The number of halogens is 2. The molecule has 1 aliphatic rings. The number of anilines is 1. The number of piperidine rings is 1. The van der Waals surface area contributed by atoms with Crippen LogP contribution in [0.3, 0.4) is 0 Å². The molecule has 6 heteroatoms. The van der Waals surface area contributed by atoms with Crippen molar-refractivity contribution in [2.45, 2.75) is 19.8 Å². The Kier molecular flexibility index (Phi) is 7.39. The molecule has 1 aliphatic heterocycles. The molecule has 0 spiro atoms. The number of ether oxygens (including phenoxy) is 1. The summed E-state index contributed by atoms with van der Waals surface area (Å²) in [7, 11) is 1.66. The third-order valence-corrected chi connectivity index (χ3v) is 5.05. The maximum atomic E-state index is 12.7. The van der Waals surface area contributed by atoms with Crippen LogP contribution >= 0.6 is 35.0 Å². The number of hydrogen-bond donors (Lipinski definition) is 2. The molecular formula is C15H22ClIN2O2. The molecule has 0 aliphatic carbocycles. The van der Waals surface area contributed by atoms with Crippen LogP contribution in [0.15, 0.2) is 18.2 Å². The zero-order valence-electron chi connectivity index (χ0n) is 12.4. The highest BCUT2D eigenvalue weighted by Crippen LogP contribution is 2.31. The summed E-state index contributed by atoms with van der Waals surface area (Å²) in [5.41, 5.74) is 1.67. The summed E-state index contributed by atoms with van der Waals surface area (Å²) in [6.45, 7) is 4.26. The Morgan fingerprint density at radius 2 is 2.10 bits per heavy atom. The molecule has 21 heavy (non-hydrogen) atoms. The van der Waals surface area contributed by atoms with Crippen LogP contribution < -0.4 is 10.6 Å². The lowest BCUT2D eigenvalue weighted by Gasteiger charge is -2.35. The van der Waals surface area contributed by atoms with Gasteiger partial charge in [-0.05, 0) is 73.1 Å². The molecule has 1 aromatic rings. The molecule has 2 rings (SSSR count). The van der Waals surface area contributed by atoms with Gasteiger partial charge in [0, 0.05) is 16.4 Å². The van der Waals surface area contributed by atoms with E-state index in [0.717, 1.165) is 35.2 Å². The lowest BCUT2D eigenvalue weighted by molar-refractivity contribution is -0.130. The molecular weight excluding hydrogens is 403 g/mol. The predicted molar refractivity (Wildman–Crippen MR) is 96.2 cm³/mol. The largest absolute Gasteiger partial charge is 0.384 e. The highest BCUT2D eigenvalue weighted by Gasteiger charge is 2.39. The van der Waals surface area contributed by atoms with Gasteiger partial charge >= 0.3 is 0 Å². The third-order valence-electron chi connectivity index (χ3n) is 3.89. The molecule has 0 aromatic heterocycles. The number of benzene rings is 1. The second kappa shape index (κ2) is 8.31. The van der Waals surface area contributed by atoms with Crippen LogP contribution in [0.1, 0.15) is 18.4 Å². The zero-order valence-corrected chi connectivity index (χ0v) is 15.3. The minimum atomic E-state index is -0.406. The fourth-order valence-electron chi connectivity index (χ4n) is 2.55. The van der Waals surface area contributed by atoms with Gasteiger partial charge in [0.2, 0.25) is 5.91 Å². The van der Waals surface area contributed by atoms with Gasteiger partial charge in [-0.3, -0.25) is 4.79 Å². The first-order chi connectivity index (χ1) is 9.57. The molecule has 1 fully saturated rings. The van der Waals surface area contributed by atoms with Crippen molar-refractivity contribution in [1.29, 1.82) is 0 Å². The third kappa shape index (κ3) is 4.55. The summed E-state index contributed by atoms with van der Waals surface area (Å²) in [6.07, 6.45) is 1.63. The smallest absolute Gasteiger partial charge is 0.233 e. The van der Waals surface area contributed by atoms with Crippen LogP contribution in [-0.2, 0) is 9.53 Å². The molecule has 2 N–H and O–H groups in total. The molecule has 118 valence electrons. The molecule has 0 bridgehead atoms. The monoisotopic (exact) mass is 424 g/mol. The number of methoxy groups -OCH3 is 1. The average Bonchev–Trinajstić information content (AvgIpc) is 2.44. The number of aryl methyl sites for hydroxylation is 1. The fraction of sp³-hybridized carbons (Fsp3) is 0.533. The van der Waals surface area contributed by atoms with Gasteiger partial charge in [0.05, 0.1) is 12.0 Å². The van der Waals surface area contributed by atoms with E-state index in [9.17, 15) is 4.79 Å². The molecule has 1 amide bonds. The minimum absolute atomic E-state index is 0. The van der Waals surface area contributed by atoms with E-state index in [1.54, 1.807) is 7.11 Å². The van der Waals surface area contributed by atoms with Gasteiger partial charge in [0.25, 0.3) is 0 Å². The van der Waals surface area contributed by atoms with Crippen LogP contribution in [0, 0.1) is 15.9 Å². The maximum Gasteiger partial charge on any atom is 0.233 e. The van der Waals surface area contributed by atoms with Gasteiger partial charge in [-0.2, -0.15) is 0 Å². The number of rotatable bonds is 4. The first kappa shape index (κ1) is 18.7. The van der Waals surface area contributed by atoms with E-state index in [4.69, 9.17) is 4.74 Å². The van der Waals surface area contributed by atoms with Crippen LogP contribution in [0.5, 0.6) is 0 Å². The van der Waals surface area contributed by atoms with Crippen LogP contribution in [0.2, 0.25) is 0 Å². The Labute approximate surface area is 145 Å². The first-order valence-corrected chi connectivity index (χ1v) is 7.92. The van der Waals surface area contributed by atoms with Crippen LogP contribution in [0.25, 0.3) is 0 Å². The lowest BCUT2D eigenvalue weighted by Crippen LogP contribution is -2.47. The van der Waals surface area contributed by atoms with E-state index in [1.807, 2.05) is 18.2 Å². The second-order valence-corrected chi connectivity index (χ2v) is 6.54. The molecule has 4 nitrogen and oxygen atoms in total. The number of carbonyl (C=O) groups excluding carboxylic acids is 1. The van der Waals surface area contributed by atoms with Crippen molar-refractivity contribution in [3.8, 4) is 0 Å². The SMILES string of the molecule is COCC1(C(=O)Nc2ccc(C)c(I)c2)CCNCC1.Cl. The Balaban J connectivity index is 0.00000220. The van der Waals surface area contributed by atoms with E-state index in [0.29, 0.717) is 6.61 Å². The normalized spacial score (nSPS) is 16.9. The van der Waals surface area contributed by atoms with Crippen molar-refractivity contribution in [3.63, 3.8) is 0 Å². The fourth-order valence-corrected chi connectivity index (χ4v) is 3.07. The topological polar surface area (TPSA) is 50.4 Å². The van der Waals surface area contributed by atoms with Gasteiger partial charge in [0.15, 0.2) is 0 Å². The van der Waals surface area contributed by atoms with Gasteiger partial charge < -0.3 is 15.4 Å². The first-order valence-electron chi connectivity index (χ1n) is 6.85. The number of carbonyl (C=O) groups is 1. The van der Waals surface area contributed by atoms with E-state index in [2.05, 4.69) is 40.1 Å². The maximum absolute atomic E-state index is 12.7. The summed E-state index contributed by atoms with van der Waals surface area (Å²) in [6, 6.07) is 6.00. The Morgan fingerprint density at radius 3 is 2.67 bits per heavy atom. The Hall–Kier alpha value is -0.370. The van der Waals surface area contributed by atoms with E-state index >= 15 is 0 Å². The standard InChI is InChI=1S/C15H21IN2O2.ClH/c1-11-3-4-12(9-13(11)16)18-14(19)15(10-20-2)5-7-17-8-6-15;/h3-4,9,17H,5-8,10H2,1-2H3,(H,18,19);1H. The molecule has 1 heterocycles. The molecule has 0 radical (unpaired) electrons. The summed E-state index contributed by atoms with van der Waals surface area (Å²) in [5.74, 6) is 0.0699. The molecule has 1 saturated heterocycles. The van der Waals surface area contributed by atoms with Crippen molar-refractivity contribution in [2.24, 2.45) is 5.41 Å². The summed E-state index contributed by atoms with van der Waals surface area (Å²) >= 11 is 2.29. The van der Waals surface area contributed by atoms with Crippen molar-refractivity contribution in [3.05, 3.63) is 27.3 Å². The lowest BCUT2D eigenvalue weighted by atomic mass is 9.78. The molecule has 0 atom stereocenters. The number of amides is 1. The molecule has 1 aromatic carbocycles. The highest BCUT2D eigenvalue weighted by atomic mass is 127. The predicted octanol–water partition coefficient (Wildman–Crippen LogP) is 2.98. The Morgan fingerprint density at radius 1 is 1.43 bits per heavy atom. The summed E-state index contributed by atoms with van der Waals surface area (Å²) in [5, 5.41) is 6.35. The van der Waals surface area contributed by atoms with Crippen molar-refractivity contribution >= 4 is 46.6 Å². The zero-order chi connectivity index (χ0) is 14.6. The second-order valence-electron chi connectivity index (χ2n) is 5.38. The van der Waals surface area contributed by atoms with Crippen molar-refractivity contribution < 1.29 is 9.53 Å². The van der Waals surface area contributed by atoms with Gasteiger partial charge in [-0.15, -0.1) is 12.4 Å². The average molecular weight is 425 g/mol. The molecule has 0 saturated carbocycles. The molecule has 0 unspecified atom stereocenters. The summed E-state index contributed by atoms with van der Waals surface area (Å²) in [4.78, 5) is 12.7. The Bertz CT molecular complexity index is 485. The minimum Gasteiger partial charge on any atom is -0.384 e. The van der Waals surface area contributed by atoms with Crippen molar-refractivity contribution in [2.75, 3.05) is 32.1 Å². The van der Waals surface area contributed by atoms with E-state index in [1.165, 1.54) is 5.56 Å². The van der Waals surface area contributed by atoms with Crippen LogP contribution in [0.4, 0.5) is 5.69 Å². The number of hydrogen-bond acceptors (Lipinski definition) is 3. The van der Waals surface area contributed by atoms with Gasteiger partial charge in [-0.1, -0.05) is 6.07 Å². The van der Waals surface area contributed by atoms with E-state index in [-0.39, 0.29) is 18.3 Å². The van der Waals surface area contributed by atoms with Gasteiger partial charge in [-0.25, -0.2) is 0 Å². The quantitative estimate of drug-likeness (QED) is 0.731. The number of nitrogens with one attached hydrogen (secondary N) is 2. The van der Waals surface area contributed by atoms with E-state index < -0.39 is 5.41 Å². The van der Waals surface area contributed by atoms with Crippen molar-refractivity contribution in [1.82, 2.24) is 5.32 Å².